The zero-order valence-corrected chi connectivity index (χ0v) is 19.9. The van der Waals surface area contributed by atoms with Crippen LogP contribution in [0.5, 0.6) is 0 Å². The molecule has 0 radical (unpaired) electrons. The van der Waals surface area contributed by atoms with Crippen LogP contribution in [0.15, 0.2) is 0 Å². The second kappa shape index (κ2) is 31.2. The van der Waals surface area contributed by atoms with Gasteiger partial charge >= 0.3 is 45.9 Å². The number of hydrogen-bond donors (Lipinski definition) is 6. The van der Waals surface area contributed by atoms with Crippen LogP contribution in [0.2, 0.25) is 0 Å². The van der Waals surface area contributed by atoms with E-state index < -0.39 is 22.5 Å². The van der Waals surface area contributed by atoms with Crippen LogP contribution in [0, 0.1) is 0 Å². The first-order chi connectivity index (χ1) is 14.6. The average molecular weight is 499 g/mol. The molecule has 0 saturated carbocycles. The Kier molecular flexibility index (Phi) is 38.5. The molecular formula is C21H47NaO9S. The summed E-state index contributed by atoms with van der Waals surface area (Å²) in [5.41, 5.74) is 0. The molecule has 0 aromatic carbocycles. The number of aliphatic hydroxyl groups excluding tert-OH is 3. The first kappa shape index (κ1) is 39.4. The predicted octanol–water partition coefficient (Wildman–Crippen LogP) is 3.36. The Morgan fingerprint density at radius 3 is 1.12 bits per heavy atom. The van der Waals surface area contributed by atoms with E-state index in [1.807, 2.05) is 0 Å². The maximum absolute atomic E-state index is 10.3. The Labute approximate surface area is 216 Å². The molecule has 0 aromatic rings. The van der Waals surface area contributed by atoms with E-state index in [2.05, 4.69) is 6.92 Å². The molecule has 11 heteroatoms. The summed E-state index contributed by atoms with van der Waals surface area (Å²) in [6.45, 7) is 1.54. The van der Waals surface area contributed by atoms with Crippen LogP contribution in [0.25, 0.3) is 0 Å². The van der Waals surface area contributed by atoms with Crippen molar-refractivity contribution in [3.63, 3.8) is 0 Å². The van der Waals surface area contributed by atoms with Crippen molar-refractivity contribution < 1.29 is 42.7 Å². The van der Waals surface area contributed by atoms with Crippen molar-refractivity contribution >= 4 is 45.9 Å². The fraction of sp³-hybridized carbons (Fsp3) is 0.952. The standard InChI is InChI=1S/C18H36O2.C3H8O3.Na.H2O4S.H/c1-2-3-4-5-6-7-8-9-10-11-12-13-14-15-16-17-18(19)20;4-1-3(6)2-5;;1-5(2,3)4;/h2-17H2,1H3,(H,19,20);3-6H,1-2H2;;(H2,1,2,3,4);. The van der Waals surface area contributed by atoms with Gasteiger partial charge in [0.1, 0.15) is 6.10 Å². The number of hydrogen-bond acceptors (Lipinski definition) is 6. The number of aliphatic carboxylic acids is 1. The molecule has 6 N–H and O–H groups in total. The van der Waals surface area contributed by atoms with E-state index in [1.165, 1.54) is 83.5 Å². The molecule has 0 atom stereocenters. The summed E-state index contributed by atoms with van der Waals surface area (Å²) < 4.78 is 31.6. The topological polar surface area (TPSA) is 173 Å². The minimum absolute atomic E-state index is 0. The van der Waals surface area contributed by atoms with Crippen LogP contribution >= 0.6 is 0 Å². The van der Waals surface area contributed by atoms with Gasteiger partial charge < -0.3 is 20.4 Å². The summed E-state index contributed by atoms with van der Waals surface area (Å²) >= 11 is 0. The maximum atomic E-state index is 10.3. The Bertz CT molecular complexity index is 450. The quantitative estimate of drug-likeness (QED) is 0.0941. The van der Waals surface area contributed by atoms with Gasteiger partial charge in [-0.2, -0.15) is 8.42 Å². The van der Waals surface area contributed by atoms with Crippen molar-refractivity contribution in [2.24, 2.45) is 0 Å². The fourth-order valence-electron chi connectivity index (χ4n) is 2.71. The molecule has 0 aliphatic carbocycles. The van der Waals surface area contributed by atoms with E-state index in [0.29, 0.717) is 6.42 Å². The molecule has 0 aromatic heterocycles. The average Bonchev–Trinajstić information content (AvgIpc) is 2.69. The molecule has 32 heavy (non-hydrogen) atoms. The molecule has 9 nitrogen and oxygen atoms in total. The van der Waals surface area contributed by atoms with Crippen molar-refractivity contribution in [2.75, 3.05) is 13.2 Å². The zero-order chi connectivity index (χ0) is 24.4. The van der Waals surface area contributed by atoms with E-state index in [4.69, 9.17) is 37.9 Å². The van der Waals surface area contributed by atoms with Crippen LogP contribution in [-0.2, 0) is 15.2 Å². The number of carboxylic acid groups (broad SMARTS) is 1. The molecule has 0 aliphatic rings. The Balaban J connectivity index is -0.000000269. The third kappa shape index (κ3) is 57.3. The molecule has 0 saturated heterocycles. The summed E-state index contributed by atoms with van der Waals surface area (Å²) in [7, 11) is -4.67. The van der Waals surface area contributed by atoms with E-state index in [1.54, 1.807) is 0 Å². The first-order valence-electron chi connectivity index (χ1n) is 11.4. The molecule has 192 valence electrons. The van der Waals surface area contributed by atoms with Crippen molar-refractivity contribution in [3.05, 3.63) is 0 Å². The molecule has 0 spiro atoms. The summed E-state index contributed by atoms with van der Waals surface area (Å²) in [5.74, 6) is -0.653. The molecule has 0 aliphatic heterocycles. The molecule has 0 heterocycles. The monoisotopic (exact) mass is 498 g/mol. The predicted molar refractivity (Wildman–Crippen MR) is 129 cm³/mol. The Morgan fingerprint density at radius 2 is 0.938 bits per heavy atom. The van der Waals surface area contributed by atoms with Crippen molar-refractivity contribution in [3.8, 4) is 0 Å². The molecule has 0 fully saturated rings. The van der Waals surface area contributed by atoms with Crippen LogP contribution in [0.4, 0.5) is 0 Å². The number of carbonyl (C=O) groups is 1. The summed E-state index contributed by atoms with van der Waals surface area (Å²) in [6, 6.07) is 0. The van der Waals surface area contributed by atoms with E-state index >= 15 is 0 Å². The zero-order valence-electron chi connectivity index (χ0n) is 19.1. The number of rotatable bonds is 18. The first-order valence-corrected chi connectivity index (χ1v) is 12.8. The van der Waals surface area contributed by atoms with E-state index in [0.717, 1.165) is 12.8 Å². The van der Waals surface area contributed by atoms with Crippen molar-refractivity contribution in [2.45, 2.75) is 116 Å². The van der Waals surface area contributed by atoms with Crippen LogP contribution in [0.1, 0.15) is 110 Å². The molecule has 0 unspecified atom stereocenters. The number of carboxylic acids is 1. The van der Waals surface area contributed by atoms with Crippen LogP contribution < -0.4 is 0 Å². The summed E-state index contributed by atoms with van der Waals surface area (Å²) in [5, 5.41) is 32.5. The van der Waals surface area contributed by atoms with Gasteiger partial charge in [-0.3, -0.25) is 13.9 Å². The van der Waals surface area contributed by atoms with Crippen LogP contribution in [-0.4, -0.2) is 92.8 Å². The molecular weight excluding hydrogens is 451 g/mol. The Hall–Kier alpha value is 0.220. The second-order valence-electron chi connectivity index (χ2n) is 7.56. The number of aliphatic hydroxyl groups is 3. The molecule has 0 rings (SSSR count). The number of unbranched alkanes of at least 4 members (excludes halogenated alkanes) is 14. The van der Waals surface area contributed by atoms with Crippen molar-refractivity contribution in [1.29, 1.82) is 0 Å². The molecule has 0 amide bonds. The van der Waals surface area contributed by atoms with Gasteiger partial charge in [0.15, 0.2) is 0 Å². The van der Waals surface area contributed by atoms with Gasteiger partial charge in [0.05, 0.1) is 13.2 Å². The van der Waals surface area contributed by atoms with Gasteiger partial charge in [0.2, 0.25) is 0 Å². The van der Waals surface area contributed by atoms with Gasteiger partial charge in [-0.05, 0) is 6.42 Å². The van der Waals surface area contributed by atoms with Gasteiger partial charge in [0.25, 0.3) is 0 Å². The third-order valence-electron chi connectivity index (χ3n) is 4.42. The third-order valence-corrected chi connectivity index (χ3v) is 4.42. The van der Waals surface area contributed by atoms with Gasteiger partial charge in [-0.1, -0.05) is 96.8 Å². The summed E-state index contributed by atoms with van der Waals surface area (Å²) in [4.78, 5) is 10.3. The van der Waals surface area contributed by atoms with E-state index in [-0.39, 0.29) is 42.8 Å². The fourth-order valence-corrected chi connectivity index (χ4v) is 2.71. The normalized spacial score (nSPS) is 10.5. The van der Waals surface area contributed by atoms with Gasteiger partial charge in [-0.15, -0.1) is 0 Å². The second-order valence-corrected chi connectivity index (χ2v) is 8.46. The Morgan fingerprint density at radius 1 is 0.688 bits per heavy atom. The SMILES string of the molecule is CCCCCCCCCCCCCCCCCC(=O)O.O=S(=O)(O)O.OCC(O)CO.[NaH]. The minimum atomic E-state index is -4.67. The van der Waals surface area contributed by atoms with E-state index in [9.17, 15) is 4.79 Å². The van der Waals surface area contributed by atoms with Crippen LogP contribution in [0.3, 0.4) is 0 Å². The summed E-state index contributed by atoms with van der Waals surface area (Å²) in [6.07, 6.45) is 19.2. The van der Waals surface area contributed by atoms with Gasteiger partial charge in [0, 0.05) is 6.42 Å². The van der Waals surface area contributed by atoms with Gasteiger partial charge in [-0.25, -0.2) is 0 Å². The van der Waals surface area contributed by atoms with Crippen molar-refractivity contribution in [1.82, 2.24) is 0 Å². The molecule has 0 bridgehead atoms.